The summed E-state index contributed by atoms with van der Waals surface area (Å²) in [5, 5.41) is 12.5. The largest absolute Gasteiger partial charge is 0.284 e. The Balaban J connectivity index is 3.45. The molecule has 0 atom stereocenters. The number of hydrogen-bond acceptors (Lipinski definition) is 3. The molecule has 0 amide bonds. The van der Waals surface area contributed by atoms with Gasteiger partial charge in [0, 0.05) is 6.54 Å². The van der Waals surface area contributed by atoms with Gasteiger partial charge in [-0.15, -0.1) is 0 Å². The van der Waals surface area contributed by atoms with Gasteiger partial charge in [0.25, 0.3) is 5.56 Å². The van der Waals surface area contributed by atoms with E-state index in [1.807, 2.05) is 13.0 Å². The summed E-state index contributed by atoms with van der Waals surface area (Å²) >= 11 is 0. The fourth-order valence-electron chi connectivity index (χ4n) is 0.969. The van der Waals surface area contributed by atoms with Crippen LogP contribution in [0.25, 0.3) is 0 Å². The zero-order valence-corrected chi connectivity index (χ0v) is 7.03. The Bertz CT molecular complexity index is 386. The van der Waals surface area contributed by atoms with Crippen molar-refractivity contribution in [2.24, 2.45) is 0 Å². The SMILES string of the molecule is CCn1nc(C)cc(C#N)c1=O. The molecule has 0 aliphatic carbocycles. The Hall–Kier alpha value is -1.63. The minimum atomic E-state index is -0.314. The van der Waals surface area contributed by atoms with Crippen molar-refractivity contribution in [1.82, 2.24) is 9.78 Å². The molecule has 12 heavy (non-hydrogen) atoms. The van der Waals surface area contributed by atoms with Gasteiger partial charge in [0.05, 0.1) is 5.69 Å². The standard InChI is InChI=1S/C8H9N3O/c1-3-11-8(12)7(5-9)4-6(2)10-11/h4H,3H2,1-2H3. The molecule has 0 aliphatic rings. The van der Waals surface area contributed by atoms with Gasteiger partial charge in [-0.05, 0) is 19.9 Å². The van der Waals surface area contributed by atoms with E-state index in [-0.39, 0.29) is 11.1 Å². The van der Waals surface area contributed by atoms with Gasteiger partial charge in [0.1, 0.15) is 11.6 Å². The highest BCUT2D eigenvalue weighted by Crippen LogP contribution is 1.92. The van der Waals surface area contributed by atoms with Crippen molar-refractivity contribution >= 4 is 0 Å². The fourth-order valence-corrected chi connectivity index (χ4v) is 0.969. The van der Waals surface area contributed by atoms with E-state index in [0.29, 0.717) is 12.2 Å². The first-order valence-electron chi connectivity index (χ1n) is 3.68. The molecule has 0 saturated carbocycles. The molecular weight excluding hydrogens is 154 g/mol. The Morgan fingerprint density at radius 1 is 1.75 bits per heavy atom. The summed E-state index contributed by atoms with van der Waals surface area (Å²) in [7, 11) is 0. The predicted octanol–water partition coefficient (Wildman–Crippen LogP) is 0.443. The van der Waals surface area contributed by atoms with Crippen molar-refractivity contribution in [3.63, 3.8) is 0 Å². The van der Waals surface area contributed by atoms with Crippen LogP contribution in [0.15, 0.2) is 10.9 Å². The number of aromatic nitrogens is 2. The Morgan fingerprint density at radius 2 is 2.42 bits per heavy atom. The van der Waals surface area contributed by atoms with Crippen LogP contribution in [0, 0.1) is 18.3 Å². The second-order valence-corrected chi connectivity index (χ2v) is 2.43. The summed E-state index contributed by atoms with van der Waals surface area (Å²) in [6.07, 6.45) is 0. The van der Waals surface area contributed by atoms with E-state index < -0.39 is 0 Å². The second-order valence-electron chi connectivity index (χ2n) is 2.43. The van der Waals surface area contributed by atoms with Crippen molar-refractivity contribution in [3.05, 3.63) is 27.7 Å². The van der Waals surface area contributed by atoms with Crippen molar-refractivity contribution in [1.29, 1.82) is 5.26 Å². The van der Waals surface area contributed by atoms with Gasteiger partial charge in [0.2, 0.25) is 0 Å². The highest BCUT2D eigenvalue weighted by atomic mass is 16.1. The van der Waals surface area contributed by atoms with E-state index in [0.717, 1.165) is 0 Å². The molecule has 0 unspecified atom stereocenters. The summed E-state index contributed by atoms with van der Waals surface area (Å²) in [5.41, 5.74) is 0.531. The van der Waals surface area contributed by atoms with E-state index in [1.165, 1.54) is 10.7 Å². The Kier molecular flexibility index (Phi) is 2.24. The fraction of sp³-hybridized carbons (Fsp3) is 0.375. The van der Waals surface area contributed by atoms with Crippen LogP contribution >= 0.6 is 0 Å². The maximum absolute atomic E-state index is 11.3. The molecule has 62 valence electrons. The van der Waals surface area contributed by atoms with Gasteiger partial charge in [-0.3, -0.25) is 4.79 Å². The van der Waals surface area contributed by atoms with Gasteiger partial charge >= 0.3 is 0 Å². The number of aryl methyl sites for hydroxylation is 2. The first kappa shape index (κ1) is 8.47. The lowest BCUT2D eigenvalue weighted by Crippen LogP contribution is -2.24. The molecule has 0 radical (unpaired) electrons. The average molecular weight is 163 g/mol. The van der Waals surface area contributed by atoms with Gasteiger partial charge in [-0.1, -0.05) is 0 Å². The Labute approximate surface area is 70.1 Å². The lowest BCUT2D eigenvalue weighted by Gasteiger charge is -2.01. The normalized spacial score (nSPS) is 9.42. The zero-order valence-electron chi connectivity index (χ0n) is 7.03. The third-order valence-electron chi connectivity index (χ3n) is 1.52. The molecule has 4 nitrogen and oxygen atoms in total. The molecule has 1 aromatic heterocycles. The molecule has 0 aliphatic heterocycles. The molecule has 0 saturated heterocycles. The number of nitrogens with zero attached hydrogens (tertiary/aromatic N) is 3. The van der Waals surface area contributed by atoms with Crippen molar-refractivity contribution in [3.8, 4) is 6.07 Å². The smallest absolute Gasteiger partial charge is 0.266 e. The highest BCUT2D eigenvalue weighted by Gasteiger charge is 2.02. The highest BCUT2D eigenvalue weighted by molar-refractivity contribution is 5.26. The molecule has 4 heteroatoms. The summed E-state index contributed by atoms with van der Waals surface area (Å²) < 4.78 is 1.29. The van der Waals surface area contributed by atoms with Crippen LogP contribution < -0.4 is 5.56 Å². The number of nitriles is 1. The summed E-state index contributed by atoms with van der Waals surface area (Å²) in [5.74, 6) is 0. The molecule has 0 aromatic carbocycles. The number of hydrogen-bond donors (Lipinski definition) is 0. The number of rotatable bonds is 1. The van der Waals surface area contributed by atoms with Crippen LogP contribution in [0.3, 0.4) is 0 Å². The second kappa shape index (κ2) is 3.18. The van der Waals surface area contributed by atoms with E-state index >= 15 is 0 Å². The maximum Gasteiger partial charge on any atom is 0.284 e. The molecule has 0 fully saturated rings. The third-order valence-corrected chi connectivity index (χ3v) is 1.52. The monoisotopic (exact) mass is 163 g/mol. The lowest BCUT2D eigenvalue weighted by atomic mass is 10.3. The van der Waals surface area contributed by atoms with Gasteiger partial charge in [-0.2, -0.15) is 10.4 Å². The summed E-state index contributed by atoms with van der Waals surface area (Å²) in [6, 6.07) is 3.33. The minimum absolute atomic E-state index is 0.157. The average Bonchev–Trinajstić information content (AvgIpc) is 2.08. The van der Waals surface area contributed by atoms with E-state index in [9.17, 15) is 4.79 Å². The molecule has 1 aromatic rings. The molecule has 0 bridgehead atoms. The summed E-state index contributed by atoms with van der Waals surface area (Å²) in [6.45, 7) is 4.07. The third kappa shape index (κ3) is 1.35. The molecular formula is C8H9N3O. The zero-order chi connectivity index (χ0) is 9.14. The van der Waals surface area contributed by atoms with Crippen LogP contribution in [-0.2, 0) is 6.54 Å². The first-order chi connectivity index (χ1) is 5.69. The van der Waals surface area contributed by atoms with Gasteiger partial charge < -0.3 is 0 Å². The van der Waals surface area contributed by atoms with Crippen LogP contribution in [0.5, 0.6) is 0 Å². The first-order valence-corrected chi connectivity index (χ1v) is 3.68. The minimum Gasteiger partial charge on any atom is -0.266 e. The molecule has 0 spiro atoms. The quantitative estimate of drug-likeness (QED) is 0.603. The topological polar surface area (TPSA) is 58.7 Å². The maximum atomic E-state index is 11.3. The van der Waals surface area contributed by atoms with Crippen molar-refractivity contribution in [2.75, 3.05) is 0 Å². The van der Waals surface area contributed by atoms with Gasteiger partial charge in [-0.25, -0.2) is 4.68 Å². The van der Waals surface area contributed by atoms with Crippen LogP contribution in [0.4, 0.5) is 0 Å². The van der Waals surface area contributed by atoms with Crippen LogP contribution in [0.2, 0.25) is 0 Å². The molecule has 1 rings (SSSR count). The van der Waals surface area contributed by atoms with E-state index in [1.54, 1.807) is 6.92 Å². The van der Waals surface area contributed by atoms with Crippen LogP contribution in [0.1, 0.15) is 18.2 Å². The van der Waals surface area contributed by atoms with Gasteiger partial charge in [0.15, 0.2) is 0 Å². The Morgan fingerprint density at radius 3 is 2.92 bits per heavy atom. The molecule has 0 N–H and O–H groups in total. The predicted molar refractivity (Wildman–Crippen MR) is 43.6 cm³/mol. The van der Waals surface area contributed by atoms with Crippen molar-refractivity contribution in [2.45, 2.75) is 20.4 Å². The lowest BCUT2D eigenvalue weighted by molar-refractivity contribution is 0.604. The van der Waals surface area contributed by atoms with Crippen LogP contribution in [-0.4, -0.2) is 9.78 Å². The van der Waals surface area contributed by atoms with Crippen molar-refractivity contribution < 1.29 is 0 Å². The van der Waals surface area contributed by atoms with E-state index in [4.69, 9.17) is 5.26 Å². The van der Waals surface area contributed by atoms with E-state index in [2.05, 4.69) is 5.10 Å². The summed E-state index contributed by atoms with van der Waals surface area (Å²) in [4.78, 5) is 11.3. The molecule has 1 heterocycles.